The van der Waals surface area contributed by atoms with Gasteiger partial charge in [0.15, 0.2) is 17.4 Å². The molecule has 20 heteroatoms. The van der Waals surface area contributed by atoms with Crippen LogP contribution in [0.3, 0.4) is 0 Å². The Labute approximate surface area is 327 Å². The minimum atomic E-state index is -1.91. The van der Waals surface area contributed by atoms with Gasteiger partial charge in [0, 0.05) is 0 Å². The molecule has 0 spiro atoms. The summed E-state index contributed by atoms with van der Waals surface area (Å²) in [5.74, 6) is -1.33. The van der Waals surface area contributed by atoms with Gasteiger partial charge in [-0.1, -0.05) is 0 Å². The van der Waals surface area contributed by atoms with Crippen molar-refractivity contribution >= 4 is 34.6 Å². The lowest BCUT2D eigenvalue weighted by molar-refractivity contribution is -0.207. The molecular formula is C37H46N10O10. The van der Waals surface area contributed by atoms with Gasteiger partial charge in [-0.05, 0) is 79.7 Å². The summed E-state index contributed by atoms with van der Waals surface area (Å²) in [6.45, 7) is 13.5. The van der Waals surface area contributed by atoms with Gasteiger partial charge < -0.3 is 50.1 Å². The molecule has 7 rings (SSSR count). The van der Waals surface area contributed by atoms with Crippen LogP contribution in [0.1, 0.15) is 66.8 Å². The highest BCUT2D eigenvalue weighted by Gasteiger charge is 2.65. The van der Waals surface area contributed by atoms with Crippen molar-refractivity contribution in [3.8, 4) is 12.1 Å². The zero-order valence-corrected chi connectivity index (χ0v) is 32.7. The number of carbonyl (C=O) groups is 2. The van der Waals surface area contributed by atoms with E-state index >= 15 is 0 Å². The molecule has 57 heavy (non-hydrogen) atoms. The number of aliphatic hydroxyl groups excluding tert-OH is 2. The largest absolute Gasteiger partial charge is 0.462 e. The molecule has 8 atom stereocenters. The van der Waals surface area contributed by atoms with E-state index < -0.39 is 70.4 Å². The molecule has 3 fully saturated rings. The summed E-state index contributed by atoms with van der Waals surface area (Å²) in [5, 5.41) is 49.3. The molecule has 4 aromatic heterocycles. The minimum absolute atomic E-state index is 0.0689. The van der Waals surface area contributed by atoms with Crippen molar-refractivity contribution in [1.29, 1.82) is 10.5 Å². The maximum absolute atomic E-state index is 12.3. The first-order chi connectivity index (χ1) is 26.6. The molecule has 20 nitrogen and oxygen atoms in total. The average molecular weight is 791 g/mol. The number of fused-ring (bicyclic) bond motifs is 3. The lowest BCUT2D eigenvalue weighted by Crippen LogP contribution is -2.41. The van der Waals surface area contributed by atoms with E-state index in [9.17, 15) is 30.3 Å². The molecule has 0 amide bonds. The third-order valence-electron chi connectivity index (χ3n) is 9.73. The molecule has 0 aliphatic carbocycles. The summed E-state index contributed by atoms with van der Waals surface area (Å²) in [6.07, 6.45) is -3.68. The molecule has 7 heterocycles. The van der Waals surface area contributed by atoms with Crippen molar-refractivity contribution in [2.45, 2.75) is 109 Å². The van der Waals surface area contributed by atoms with Crippen LogP contribution >= 0.6 is 0 Å². The molecule has 0 radical (unpaired) electrons. The highest BCUT2D eigenvalue weighted by molar-refractivity contribution is 5.76. The van der Waals surface area contributed by atoms with E-state index in [4.69, 9.17) is 39.9 Å². The number of aliphatic hydroxyl groups is 2. The van der Waals surface area contributed by atoms with Crippen LogP contribution in [0.2, 0.25) is 0 Å². The zero-order chi connectivity index (χ0) is 41.9. The van der Waals surface area contributed by atoms with E-state index in [-0.39, 0.29) is 36.5 Å². The molecule has 4 aromatic rings. The van der Waals surface area contributed by atoms with E-state index in [1.54, 1.807) is 73.6 Å². The molecule has 3 aliphatic heterocycles. The molecular weight excluding hydrogens is 744 g/mol. The summed E-state index contributed by atoms with van der Waals surface area (Å²) in [5.41, 5.74) is 8.49. The van der Waals surface area contributed by atoms with Gasteiger partial charge >= 0.3 is 11.9 Å². The third-order valence-corrected chi connectivity index (χ3v) is 9.73. The second-order valence-corrected chi connectivity index (χ2v) is 16.5. The Kier molecular flexibility index (Phi) is 10.5. The van der Waals surface area contributed by atoms with Crippen LogP contribution < -0.4 is 11.5 Å². The standard InChI is InChI=1S/C20H25N5O5.C17H21N5O5/c1-18(2,3)17(26)27-8-12-14-15(30-19(4,5)29-14)20(9-21,28-12)13-7-6-11-16(22)23-10-24-25(11)13;1-16(2,3)15(25)26-6-10-12(23)13(24)17(7-18,27-10)11-5-4-9-14(19)20-8-21-22(9)11/h6-7,10,12,14-15H,8H2,1-5H3,(H2,22,23,24);4-5,8,10,12-13,23-24H,6H2,1-3H3,(H2,19,20,21)/t12-,14-,15-,20+;10-,12-,13-,17+/m11/s1. The molecule has 0 aromatic carbocycles. The molecule has 0 bridgehead atoms. The summed E-state index contributed by atoms with van der Waals surface area (Å²) >= 11 is 0. The summed E-state index contributed by atoms with van der Waals surface area (Å²) in [4.78, 5) is 32.1. The Morgan fingerprint density at radius 3 is 1.70 bits per heavy atom. The Balaban J connectivity index is 0.000000194. The van der Waals surface area contributed by atoms with Crippen LogP contribution in [0, 0.1) is 33.5 Å². The zero-order valence-electron chi connectivity index (χ0n) is 32.7. The molecule has 304 valence electrons. The fourth-order valence-electron chi connectivity index (χ4n) is 6.76. The maximum Gasteiger partial charge on any atom is 0.311 e. The number of anilines is 2. The van der Waals surface area contributed by atoms with Crippen molar-refractivity contribution in [1.82, 2.24) is 29.2 Å². The lowest BCUT2D eigenvalue weighted by atomic mass is 9.92. The van der Waals surface area contributed by atoms with E-state index in [0.717, 1.165) is 0 Å². The second-order valence-electron chi connectivity index (χ2n) is 16.5. The fourth-order valence-corrected chi connectivity index (χ4v) is 6.76. The van der Waals surface area contributed by atoms with Gasteiger partial charge in [-0.25, -0.2) is 19.0 Å². The van der Waals surface area contributed by atoms with Crippen LogP contribution in [0.5, 0.6) is 0 Å². The van der Waals surface area contributed by atoms with E-state index in [1.807, 2.05) is 6.07 Å². The highest BCUT2D eigenvalue weighted by Crippen LogP contribution is 2.49. The first kappa shape index (κ1) is 41.2. The minimum Gasteiger partial charge on any atom is -0.462 e. The number of nitrogens with two attached hydrogens (primary N) is 2. The number of esters is 2. The fraction of sp³-hybridized carbons (Fsp3) is 0.568. The van der Waals surface area contributed by atoms with Crippen LogP contribution in [-0.4, -0.2) is 107 Å². The number of nitriles is 2. The van der Waals surface area contributed by atoms with Crippen molar-refractivity contribution in [3.63, 3.8) is 0 Å². The highest BCUT2D eigenvalue weighted by atomic mass is 16.8. The van der Waals surface area contributed by atoms with Crippen LogP contribution in [0.15, 0.2) is 36.9 Å². The van der Waals surface area contributed by atoms with Gasteiger partial charge in [0.2, 0.25) is 11.2 Å². The van der Waals surface area contributed by atoms with Gasteiger partial charge in [0.25, 0.3) is 0 Å². The first-order valence-electron chi connectivity index (χ1n) is 18.0. The number of nitrogen functional groups attached to an aromatic ring is 2. The van der Waals surface area contributed by atoms with Gasteiger partial charge in [0.1, 0.15) is 85.7 Å². The van der Waals surface area contributed by atoms with Crippen molar-refractivity contribution < 1.29 is 48.2 Å². The Bertz CT molecular complexity index is 2270. The number of nitrogens with zero attached hydrogens (tertiary/aromatic N) is 8. The van der Waals surface area contributed by atoms with Crippen molar-refractivity contribution in [2.75, 3.05) is 24.7 Å². The van der Waals surface area contributed by atoms with Crippen LogP contribution in [0.4, 0.5) is 11.6 Å². The molecule has 0 unspecified atom stereocenters. The van der Waals surface area contributed by atoms with Crippen LogP contribution in [0.25, 0.3) is 11.0 Å². The SMILES string of the molecule is CC(C)(C)C(=O)OC[C@H]1O[C@@](C#N)(c2ccc3c(N)ncnn23)[C@H](O)[C@@H]1O.CC1(C)O[C@H]2[C@@H](O1)[C@](C#N)(c1ccc3c(N)ncnn13)O[C@@H]2COC(=O)C(C)(C)C. The normalized spacial score (nSPS) is 29.3. The quantitative estimate of drug-likeness (QED) is 0.200. The van der Waals surface area contributed by atoms with E-state index in [0.29, 0.717) is 16.7 Å². The number of hydrogen-bond donors (Lipinski definition) is 4. The van der Waals surface area contributed by atoms with Gasteiger partial charge in [0.05, 0.1) is 22.2 Å². The number of ether oxygens (including phenoxy) is 6. The topological polar surface area (TPSA) is 290 Å². The monoisotopic (exact) mass is 790 g/mol. The summed E-state index contributed by atoms with van der Waals surface area (Å²) < 4.78 is 37.5. The predicted octanol–water partition coefficient (Wildman–Crippen LogP) is 1.28. The number of carbonyl (C=O) groups excluding carboxylic acids is 2. The molecule has 0 saturated carbocycles. The lowest BCUT2D eigenvalue weighted by Gasteiger charge is -2.29. The van der Waals surface area contributed by atoms with E-state index in [1.165, 1.54) is 27.8 Å². The van der Waals surface area contributed by atoms with Gasteiger partial charge in [-0.2, -0.15) is 20.7 Å². The molecule has 3 aliphatic rings. The smallest absolute Gasteiger partial charge is 0.311 e. The molecule has 3 saturated heterocycles. The van der Waals surface area contributed by atoms with Crippen molar-refractivity contribution in [3.05, 3.63) is 48.3 Å². The van der Waals surface area contributed by atoms with Crippen molar-refractivity contribution in [2.24, 2.45) is 10.8 Å². The molecule has 6 N–H and O–H groups in total. The Hall–Kier alpha value is -5.48. The van der Waals surface area contributed by atoms with E-state index in [2.05, 4.69) is 26.2 Å². The predicted molar refractivity (Wildman–Crippen MR) is 196 cm³/mol. The Morgan fingerprint density at radius 2 is 1.23 bits per heavy atom. The average Bonchev–Trinajstić information content (AvgIpc) is 3.95. The number of aromatic nitrogens is 6. The van der Waals surface area contributed by atoms with Crippen LogP contribution in [-0.2, 0) is 49.2 Å². The summed E-state index contributed by atoms with van der Waals surface area (Å²) in [7, 11) is 0. The third kappa shape index (κ3) is 7.20. The first-order valence-corrected chi connectivity index (χ1v) is 18.0. The summed E-state index contributed by atoms with van der Waals surface area (Å²) in [6, 6.07) is 10.7. The number of hydrogen-bond acceptors (Lipinski definition) is 18. The van der Waals surface area contributed by atoms with Gasteiger partial charge in [-0.15, -0.1) is 0 Å². The number of rotatable bonds is 6. The Morgan fingerprint density at radius 1 is 0.772 bits per heavy atom. The maximum atomic E-state index is 12.3. The van der Waals surface area contributed by atoms with Gasteiger partial charge in [-0.3, -0.25) is 9.59 Å². The second kappa shape index (κ2) is 14.5.